The zero-order valence-corrected chi connectivity index (χ0v) is 45.2. The Bertz CT molecular complexity index is 2450. The number of benzene rings is 2. The maximum atomic E-state index is 13.7. The van der Waals surface area contributed by atoms with Crippen LogP contribution in [-0.2, 0) is 100.0 Å². The molecule has 0 radical (unpaired) electrons. The highest BCUT2D eigenvalue weighted by Gasteiger charge is 2.57. The number of alkyl carbamates (subject to hydrolysis) is 1. The molecule has 78 heavy (non-hydrogen) atoms. The summed E-state index contributed by atoms with van der Waals surface area (Å²) in [5.41, 5.74) is 3.13. The van der Waals surface area contributed by atoms with E-state index in [1.807, 2.05) is 48.5 Å². The summed E-state index contributed by atoms with van der Waals surface area (Å²) in [5.74, 6) is -7.64. The van der Waals surface area contributed by atoms with Gasteiger partial charge in [-0.2, -0.15) is 0 Å². The minimum atomic E-state index is -1.87. The van der Waals surface area contributed by atoms with E-state index in [2.05, 4.69) is 16.0 Å². The van der Waals surface area contributed by atoms with E-state index in [4.69, 9.17) is 56.8 Å². The molecule has 3 amide bonds. The van der Waals surface area contributed by atoms with Gasteiger partial charge in [0, 0.05) is 61.0 Å². The van der Waals surface area contributed by atoms with Crippen LogP contribution in [-0.4, -0.2) is 166 Å². The molecule has 0 saturated carbocycles. The molecular weight excluding hydrogens is 1030 g/mol. The van der Waals surface area contributed by atoms with E-state index in [9.17, 15) is 47.9 Å². The Labute approximate surface area is 450 Å². The summed E-state index contributed by atoms with van der Waals surface area (Å²) in [6.45, 7) is 10.5. The zero-order valence-electron chi connectivity index (χ0n) is 45.2. The van der Waals surface area contributed by atoms with E-state index in [-0.39, 0.29) is 38.4 Å². The van der Waals surface area contributed by atoms with Gasteiger partial charge in [0.15, 0.2) is 37.0 Å². The van der Waals surface area contributed by atoms with Gasteiger partial charge in [-0.25, -0.2) is 4.79 Å². The maximum absolute atomic E-state index is 13.7. The summed E-state index contributed by atoms with van der Waals surface area (Å²) >= 11 is 0. The third-order valence-corrected chi connectivity index (χ3v) is 12.0. The molecule has 428 valence electrons. The van der Waals surface area contributed by atoms with E-state index in [1.165, 1.54) is 0 Å². The van der Waals surface area contributed by atoms with Gasteiger partial charge in [-0.05, 0) is 62.3 Å². The van der Waals surface area contributed by atoms with Crippen molar-refractivity contribution >= 4 is 59.7 Å². The smallest absolute Gasteiger partial charge is 0.407 e. The second-order valence-electron chi connectivity index (χ2n) is 19.5. The largest absolute Gasteiger partial charge is 0.463 e. The van der Waals surface area contributed by atoms with Crippen molar-refractivity contribution in [3.8, 4) is 11.1 Å². The molecule has 6 unspecified atom stereocenters. The summed E-state index contributed by atoms with van der Waals surface area (Å²) in [5, 5.41) is 7.81. The van der Waals surface area contributed by atoms with Crippen LogP contribution in [0.25, 0.3) is 11.1 Å². The van der Waals surface area contributed by atoms with E-state index < -0.39 is 152 Å². The molecule has 0 aromatic heterocycles. The highest BCUT2D eigenvalue weighted by Crippen LogP contribution is 2.44. The molecule has 2 aromatic carbocycles. The number of esters is 7. The second kappa shape index (κ2) is 28.4. The number of nitrogens with one attached hydrogen (secondary N) is 3. The average Bonchev–Trinajstić information content (AvgIpc) is 3.73. The van der Waals surface area contributed by atoms with Gasteiger partial charge in [0.2, 0.25) is 11.8 Å². The van der Waals surface area contributed by atoms with Crippen molar-refractivity contribution < 1.29 is 105 Å². The molecule has 2 heterocycles. The quantitative estimate of drug-likeness (QED) is 0.0818. The summed E-state index contributed by atoms with van der Waals surface area (Å²) in [6, 6.07) is 12.8. The second-order valence-corrected chi connectivity index (χ2v) is 19.5. The van der Waals surface area contributed by atoms with Crippen LogP contribution in [0.4, 0.5) is 4.79 Å². The molecule has 2 aliphatic heterocycles. The van der Waals surface area contributed by atoms with Crippen molar-refractivity contribution in [1.29, 1.82) is 0 Å². The number of rotatable bonds is 23. The fourth-order valence-corrected chi connectivity index (χ4v) is 9.08. The van der Waals surface area contributed by atoms with Gasteiger partial charge < -0.3 is 72.8 Å². The van der Waals surface area contributed by atoms with E-state index in [0.717, 1.165) is 70.7 Å². The van der Waals surface area contributed by atoms with E-state index >= 15 is 0 Å². The van der Waals surface area contributed by atoms with Crippen LogP contribution in [0.15, 0.2) is 48.5 Å². The van der Waals surface area contributed by atoms with Gasteiger partial charge in [0.1, 0.15) is 62.4 Å². The molecular formula is C53H69N3O22. The van der Waals surface area contributed by atoms with Gasteiger partial charge in [0.25, 0.3) is 0 Å². The number of fused-ring (bicyclic) bond motifs is 3. The van der Waals surface area contributed by atoms with Crippen LogP contribution in [0.1, 0.15) is 106 Å². The van der Waals surface area contributed by atoms with Crippen LogP contribution in [0.3, 0.4) is 0 Å². The SMILES string of the molecule is CC(=O)NC1C(O[C@@H]2OC(COC(C)=O)[C@@H](OC(C)=O)C(OC(C)=O)C2OC(C)=O)[C@@H](OC(C)=O)C(COC(C)=O)O[C@@H]1OCCCC[C@H](NC(=O)OCC1c2ccccc2-c2ccccc21)C(=O)NCC(=O)OC(C)(C)C. The monoisotopic (exact) mass is 1100 g/mol. The van der Waals surface area contributed by atoms with Crippen LogP contribution in [0, 0.1) is 0 Å². The molecule has 25 nitrogen and oxygen atoms in total. The molecule has 2 fully saturated rings. The van der Waals surface area contributed by atoms with Gasteiger partial charge >= 0.3 is 47.9 Å². The van der Waals surface area contributed by atoms with Crippen LogP contribution in [0.2, 0.25) is 0 Å². The Morgan fingerprint density at radius 1 is 0.577 bits per heavy atom. The Hall–Kier alpha value is -7.22. The normalized spacial score (nSPS) is 23.8. The van der Waals surface area contributed by atoms with Gasteiger partial charge in [0.05, 0.1) is 0 Å². The first-order valence-electron chi connectivity index (χ1n) is 25.2. The lowest BCUT2D eigenvalue weighted by molar-refractivity contribution is -0.347. The summed E-state index contributed by atoms with van der Waals surface area (Å²) in [7, 11) is 0. The third-order valence-electron chi connectivity index (χ3n) is 12.0. The van der Waals surface area contributed by atoms with Crippen LogP contribution in [0.5, 0.6) is 0 Å². The number of hydrogen-bond acceptors (Lipinski definition) is 22. The number of hydrogen-bond donors (Lipinski definition) is 3. The molecule has 25 heteroatoms. The van der Waals surface area contributed by atoms with Crippen molar-refractivity contribution in [3.05, 3.63) is 59.7 Å². The van der Waals surface area contributed by atoms with E-state index in [0.29, 0.717) is 0 Å². The van der Waals surface area contributed by atoms with Gasteiger partial charge in [-0.1, -0.05) is 48.5 Å². The minimum Gasteiger partial charge on any atom is -0.463 e. The molecule has 0 bridgehead atoms. The standard InChI is InChI=1S/C53H69N3O22/c1-27(57)55-43-46(77-51-48(74-33(7)63)47(73-32(6)62)45(72-31(5)61)41(76-51)26-69-29(3)59)44(71-30(4)60)40(25-68-28(2)58)75-50(43)67-22-16-15-21-39(49(65)54-23-42(64)78-53(8,9)10)56-52(66)70-24-38-36-19-13-11-17-34(36)35-18-12-14-20-37(35)38/h11-14,17-20,38-41,43-48,50-51H,15-16,21-26H2,1-10H3,(H,54,65)(H,55,57)(H,56,66)/t39-,40?,41?,43?,44-,45+,46?,47?,48?,50-,51-/m0/s1. The van der Waals surface area contributed by atoms with E-state index in [1.54, 1.807) is 20.8 Å². The highest BCUT2D eigenvalue weighted by molar-refractivity contribution is 5.88. The maximum Gasteiger partial charge on any atom is 0.407 e. The fraction of sp³-hybridized carbons (Fsp3) is 0.585. The van der Waals surface area contributed by atoms with Crippen molar-refractivity contribution in [3.63, 3.8) is 0 Å². The van der Waals surface area contributed by atoms with Crippen molar-refractivity contribution in [2.24, 2.45) is 0 Å². The Balaban J connectivity index is 1.39. The molecule has 2 aromatic rings. The number of ether oxygens (including phenoxy) is 12. The summed E-state index contributed by atoms with van der Waals surface area (Å²) in [4.78, 5) is 128. The number of unbranched alkanes of at least 4 members (excludes halogenated alkanes) is 1. The molecule has 11 atom stereocenters. The van der Waals surface area contributed by atoms with Crippen molar-refractivity contribution in [2.75, 3.05) is 33.0 Å². The molecule has 5 rings (SSSR count). The Morgan fingerprint density at radius 3 is 1.59 bits per heavy atom. The molecule has 0 spiro atoms. The number of amides is 3. The lowest BCUT2D eigenvalue weighted by Crippen LogP contribution is -2.69. The Kier molecular flexibility index (Phi) is 22.5. The van der Waals surface area contributed by atoms with Gasteiger partial charge in [-0.15, -0.1) is 0 Å². The summed E-state index contributed by atoms with van der Waals surface area (Å²) < 4.78 is 69.1. The predicted octanol–water partition coefficient (Wildman–Crippen LogP) is 2.73. The first-order valence-corrected chi connectivity index (χ1v) is 25.2. The van der Waals surface area contributed by atoms with Gasteiger partial charge in [-0.3, -0.25) is 43.2 Å². The van der Waals surface area contributed by atoms with Crippen LogP contribution < -0.4 is 16.0 Å². The lowest BCUT2D eigenvalue weighted by atomic mass is 9.94. The van der Waals surface area contributed by atoms with Crippen molar-refractivity contribution in [2.45, 2.75) is 167 Å². The third kappa shape index (κ3) is 18.2. The highest BCUT2D eigenvalue weighted by atomic mass is 16.8. The average molecular weight is 1100 g/mol. The first kappa shape index (κ1) is 61.6. The predicted molar refractivity (Wildman–Crippen MR) is 266 cm³/mol. The number of carbonyl (C=O) groups excluding carboxylic acids is 10. The summed E-state index contributed by atoms with van der Waals surface area (Å²) in [6.07, 6.45) is -15.2. The molecule has 3 aliphatic rings. The lowest BCUT2D eigenvalue weighted by Gasteiger charge is -2.49. The topological polar surface area (TPSA) is 318 Å². The molecule has 3 N–H and O–H groups in total. The molecule has 2 saturated heterocycles. The van der Waals surface area contributed by atoms with Crippen molar-refractivity contribution in [1.82, 2.24) is 16.0 Å². The first-order chi connectivity index (χ1) is 36.8. The Morgan fingerprint density at radius 2 is 1.08 bits per heavy atom. The van der Waals surface area contributed by atoms with Crippen LogP contribution >= 0.6 is 0 Å². The zero-order chi connectivity index (χ0) is 57.4. The minimum absolute atomic E-state index is 0.0212. The molecule has 1 aliphatic carbocycles. The fourth-order valence-electron chi connectivity index (χ4n) is 9.08. The number of carbonyl (C=O) groups is 10.